The van der Waals surface area contributed by atoms with Crippen LogP contribution >= 0.6 is 15.9 Å². The van der Waals surface area contributed by atoms with Crippen molar-refractivity contribution in [1.29, 1.82) is 0 Å². The van der Waals surface area contributed by atoms with Gasteiger partial charge in [-0.05, 0) is 0 Å². The van der Waals surface area contributed by atoms with Crippen LogP contribution in [0.15, 0.2) is 68.0 Å². The maximum Gasteiger partial charge on any atom is -1.00 e. The van der Waals surface area contributed by atoms with Gasteiger partial charge >= 0.3 is 188 Å². The summed E-state index contributed by atoms with van der Waals surface area (Å²) in [5, 5.41) is 2.73. The van der Waals surface area contributed by atoms with Crippen LogP contribution in [0, 0.1) is 0 Å². The van der Waals surface area contributed by atoms with Gasteiger partial charge in [-0.2, -0.15) is 0 Å². The molecule has 0 N–H and O–H groups in total. The molecule has 2 aromatic rings. The largest absolute Gasteiger partial charge is 1.00 e. The fraction of sp³-hybridized carbons (Fsp3) is 0.200. The molecule has 1 unspecified atom stereocenters. The molecule has 1 nitrogen and oxygen atoms in total. The molecule has 0 fully saturated rings. The second kappa shape index (κ2) is 8.95. The van der Waals surface area contributed by atoms with Crippen LogP contribution in [0.5, 0.6) is 0 Å². The Hall–Kier alpha value is -0.857. The van der Waals surface area contributed by atoms with E-state index in [1.54, 1.807) is 3.28 Å². The average molecular weight is 578 g/mol. The van der Waals surface area contributed by atoms with Crippen molar-refractivity contribution in [3.63, 3.8) is 0 Å². The van der Waals surface area contributed by atoms with E-state index in [0.29, 0.717) is 0 Å². The van der Waals surface area contributed by atoms with Crippen LogP contribution in [0.2, 0.25) is 0 Å². The summed E-state index contributed by atoms with van der Waals surface area (Å²) < 4.78 is 3.01. The van der Waals surface area contributed by atoms with Crippen LogP contribution in [-0.4, -0.2) is 3.25 Å². The van der Waals surface area contributed by atoms with E-state index in [-0.39, 0.29) is 28.1 Å². The van der Waals surface area contributed by atoms with Crippen molar-refractivity contribution >= 4 is 45.0 Å². The molecule has 1 heterocycles. The van der Waals surface area contributed by atoms with Crippen LogP contribution in [0.25, 0.3) is 17.7 Å². The summed E-state index contributed by atoms with van der Waals surface area (Å²) in [6.45, 7) is 7.02. The van der Waals surface area contributed by atoms with Crippen molar-refractivity contribution in [2.75, 3.05) is 4.90 Å². The minimum absolute atomic E-state index is 0. The van der Waals surface area contributed by atoms with Crippen molar-refractivity contribution in [1.82, 2.24) is 0 Å². The van der Waals surface area contributed by atoms with Crippen molar-refractivity contribution in [2.24, 2.45) is 0 Å². The van der Waals surface area contributed by atoms with Crippen LogP contribution in [0.1, 0.15) is 32.8 Å². The van der Waals surface area contributed by atoms with Gasteiger partial charge < -0.3 is 24.8 Å². The van der Waals surface area contributed by atoms with E-state index in [1.807, 2.05) is 0 Å². The Morgan fingerprint density at radius 2 is 1.80 bits per heavy atom. The molecule has 152 valence electrons. The molecule has 2 aromatic carbocycles. The third-order valence-electron chi connectivity index (χ3n) is 6.05. The number of nitrogens with zero attached hydrogens (tertiary/aromatic N) is 1. The van der Waals surface area contributed by atoms with E-state index < -0.39 is 23.2 Å². The standard InChI is InChI=1S/C20H17BrN.C5H5.2ClH.Zr/c1-12-9-15-11-18-19(20(21)17(15)10-12)13(2)14(3)22(18)16-7-5-4-6-8-16;1-2-4-5-3-1;;;/h4-11H,1-3H3;1-3H,4H2;2*1H;/q;;;;+2/p-2. The Bertz CT molecular complexity index is 1210. The van der Waals surface area contributed by atoms with Crippen molar-refractivity contribution in [2.45, 2.75) is 30.4 Å². The van der Waals surface area contributed by atoms with Gasteiger partial charge in [0.1, 0.15) is 0 Å². The van der Waals surface area contributed by atoms with E-state index in [2.05, 4.69) is 108 Å². The summed E-state index contributed by atoms with van der Waals surface area (Å²) >= 11 is 3.11. The SMILES string of the molecule is CC1=Cc2c(Br)c3c(cc2=C1)N(c1ccccc1)[C](C)([Zr+2][C]1=CC=CC1)C=3C.[Cl-].[Cl-]. The Kier molecular flexibility index (Phi) is 7.10. The zero-order valence-corrected chi connectivity index (χ0v) is 22.7. The minimum atomic E-state index is -0.884. The number of hydrogen-bond donors (Lipinski definition) is 0. The van der Waals surface area contributed by atoms with E-state index in [1.165, 1.54) is 43.0 Å². The van der Waals surface area contributed by atoms with E-state index >= 15 is 0 Å². The van der Waals surface area contributed by atoms with Gasteiger partial charge in [0.25, 0.3) is 0 Å². The first kappa shape index (κ1) is 23.8. The number of benzene rings is 2. The molecular formula is C25H22BrCl2NZr. The number of allylic oxidation sites excluding steroid dienone is 5. The molecule has 0 radical (unpaired) electrons. The predicted octanol–water partition coefficient (Wildman–Crippen LogP) is -0.381. The second-order valence-electron chi connectivity index (χ2n) is 7.94. The summed E-state index contributed by atoms with van der Waals surface area (Å²) in [7, 11) is 0. The zero-order valence-electron chi connectivity index (χ0n) is 17.1. The second-order valence-corrected chi connectivity index (χ2v) is 13.3. The molecular weight excluding hydrogens is 556 g/mol. The molecule has 0 bridgehead atoms. The fourth-order valence-electron chi connectivity index (χ4n) is 4.61. The van der Waals surface area contributed by atoms with Gasteiger partial charge in [-0.3, -0.25) is 0 Å². The smallest absolute Gasteiger partial charge is 1.00 e. The third kappa shape index (κ3) is 3.67. The summed E-state index contributed by atoms with van der Waals surface area (Å²) in [6, 6.07) is 13.4. The molecule has 0 spiro atoms. The first-order valence-corrected chi connectivity index (χ1v) is 13.0. The zero-order chi connectivity index (χ0) is 19.5. The number of rotatable bonds is 3. The van der Waals surface area contributed by atoms with Gasteiger partial charge in [-0.15, -0.1) is 0 Å². The molecule has 0 amide bonds. The molecule has 3 aliphatic rings. The molecule has 5 rings (SSSR count). The number of hydrogen-bond acceptors (Lipinski definition) is 1. The maximum absolute atomic E-state index is 4.00. The van der Waals surface area contributed by atoms with Crippen LogP contribution < -0.4 is 40.2 Å². The van der Waals surface area contributed by atoms with Gasteiger partial charge in [0.15, 0.2) is 0 Å². The molecule has 0 saturated heterocycles. The van der Waals surface area contributed by atoms with Crippen molar-refractivity contribution < 1.29 is 48.0 Å². The van der Waals surface area contributed by atoms with Gasteiger partial charge in [0.05, 0.1) is 0 Å². The van der Waals surface area contributed by atoms with Crippen LogP contribution in [0.4, 0.5) is 11.4 Å². The van der Waals surface area contributed by atoms with Crippen molar-refractivity contribution in [3.05, 3.63) is 84.0 Å². The Balaban J connectivity index is 0.00000128. The summed E-state index contributed by atoms with van der Waals surface area (Å²) in [5.74, 6) is 0. The van der Waals surface area contributed by atoms with Crippen LogP contribution in [-0.2, 0) is 23.2 Å². The summed E-state index contributed by atoms with van der Waals surface area (Å²) in [5.41, 5.74) is 6.82. The molecule has 5 heteroatoms. The number of fused-ring (bicyclic) bond motifs is 2. The Morgan fingerprint density at radius 3 is 2.47 bits per heavy atom. The molecule has 30 heavy (non-hydrogen) atoms. The van der Waals surface area contributed by atoms with Gasteiger partial charge in [0, 0.05) is 0 Å². The van der Waals surface area contributed by atoms with Gasteiger partial charge in [-0.1, -0.05) is 0 Å². The predicted molar refractivity (Wildman–Crippen MR) is 119 cm³/mol. The minimum Gasteiger partial charge on any atom is -1.00 e. The molecule has 0 saturated carbocycles. The Labute approximate surface area is 210 Å². The summed E-state index contributed by atoms with van der Waals surface area (Å²) in [6.07, 6.45) is 12.7. The normalized spacial score (nSPS) is 20.4. The molecule has 0 aromatic heterocycles. The van der Waals surface area contributed by atoms with E-state index in [9.17, 15) is 0 Å². The first-order valence-electron chi connectivity index (χ1n) is 9.72. The quantitative estimate of drug-likeness (QED) is 0.481. The van der Waals surface area contributed by atoms with E-state index in [0.717, 1.165) is 6.42 Å². The number of para-hydroxylation sites is 1. The van der Waals surface area contributed by atoms with Crippen molar-refractivity contribution in [3.8, 4) is 0 Å². The summed E-state index contributed by atoms with van der Waals surface area (Å²) in [4.78, 5) is 2.63. The molecule has 2 aliphatic carbocycles. The first-order chi connectivity index (χ1) is 13.5. The Morgan fingerprint density at radius 1 is 1.07 bits per heavy atom. The fourth-order valence-corrected chi connectivity index (χ4v) is 9.63. The topological polar surface area (TPSA) is 3.24 Å². The average Bonchev–Trinajstić information content (AvgIpc) is 3.35. The van der Waals surface area contributed by atoms with Gasteiger partial charge in [-0.25, -0.2) is 0 Å². The van der Waals surface area contributed by atoms with Gasteiger partial charge in [0.2, 0.25) is 0 Å². The number of anilines is 2. The third-order valence-corrected chi connectivity index (χ3v) is 11.2. The molecule has 1 aliphatic heterocycles. The van der Waals surface area contributed by atoms with Crippen LogP contribution in [0.3, 0.4) is 0 Å². The monoisotopic (exact) mass is 575 g/mol. The van der Waals surface area contributed by atoms with E-state index in [4.69, 9.17) is 0 Å². The molecule has 1 atom stereocenters. The maximum atomic E-state index is 4.00. The number of halogens is 3.